The maximum absolute atomic E-state index is 12.8. The van der Waals surface area contributed by atoms with Gasteiger partial charge in [-0.05, 0) is 61.3 Å². The summed E-state index contributed by atoms with van der Waals surface area (Å²) in [5.41, 5.74) is 1.82. The van der Waals surface area contributed by atoms with Gasteiger partial charge in [0.15, 0.2) is 0 Å². The minimum Gasteiger partial charge on any atom is -0.457 e. The van der Waals surface area contributed by atoms with Gasteiger partial charge >= 0.3 is 0 Å². The van der Waals surface area contributed by atoms with Crippen LogP contribution in [0.25, 0.3) is 0 Å². The van der Waals surface area contributed by atoms with Crippen LogP contribution in [0.1, 0.15) is 24.5 Å². The van der Waals surface area contributed by atoms with Gasteiger partial charge in [0.25, 0.3) is 0 Å². The Morgan fingerprint density at radius 1 is 1.07 bits per heavy atom. The number of carbonyl (C=O) groups excluding carboxylic acids is 1. The number of hydrogen-bond donors (Lipinski definition) is 1. The number of carbonyl (C=O) groups is 1. The topological polar surface area (TPSA) is 54.5 Å². The Bertz CT molecular complexity index is 978. The Morgan fingerprint density at radius 3 is 2.67 bits per heavy atom. The molecule has 4 rings (SSSR count). The van der Waals surface area contributed by atoms with E-state index in [2.05, 4.69) is 34.3 Å². The molecule has 0 aliphatic carbocycles. The molecule has 1 saturated heterocycles. The number of nitrogens with zero attached hydrogens (tertiary/aromatic N) is 2. The molecule has 30 heavy (non-hydrogen) atoms. The standard InChI is InChI=1S/C25H27N3O2/c1-25(24(29)27-17-21-8-6-13-26-16-21)12-14-28(19-25)18-20-7-5-11-23(15-20)30-22-9-3-2-4-10-22/h2-11,13,15-16H,12,14,17-19H2,1H3,(H,27,29). The quantitative estimate of drug-likeness (QED) is 0.637. The van der Waals surface area contributed by atoms with Crippen LogP contribution in [0.15, 0.2) is 79.1 Å². The summed E-state index contributed by atoms with van der Waals surface area (Å²) in [6.07, 6.45) is 4.38. The van der Waals surface area contributed by atoms with Crippen molar-refractivity contribution in [1.82, 2.24) is 15.2 Å². The van der Waals surface area contributed by atoms with Crippen molar-refractivity contribution in [2.24, 2.45) is 5.41 Å². The molecule has 1 aliphatic heterocycles. The van der Waals surface area contributed by atoms with Crippen LogP contribution in [0.3, 0.4) is 0 Å². The van der Waals surface area contributed by atoms with E-state index in [1.165, 1.54) is 5.56 Å². The monoisotopic (exact) mass is 401 g/mol. The average Bonchev–Trinajstić information content (AvgIpc) is 3.15. The molecule has 5 heteroatoms. The molecule has 2 aromatic carbocycles. The summed E-state index contributed by atoms with van der Waals surface area (Å²) in [7, 11) is 0. The summed E-state index contributed by atoms with van der Waals surface area (Å²) < 4.78 is 5.95. The third kappa shape index (κ3) is 5.05. The van der Waals surface area contributed by atoms with E-state index < -0.39 is 0 Å². The number of para-hydroxylation sites is 1. The third-order valence-corrected chi connectivity index (χ3v) is 5.56. The van der Waals surface area contributed by atoms with Gasteiger partial charge in [0.05, 0.1) is 5.41 Å². The normalized spacial score (nSPS) is 18.8. The molecule has 5 nitrogen and oxygen atoms in total. The lowest BCUT2D eigenvalue weighted by Gasteiger charge is -2.24. The van der Waals surface area contributed by atoms with Crippen molar-refractivity contribution in [3.05, 3.63) is 90.3 Å². The Morgan fingerprint density at radius 2 is 1.87 bits per heavy atom. The van der Waals surface area contributed by atoms with Crippen molar-refractivity contribution in [3.8, 4) is 11.5 Å². The average molecular weight is 402 g/mol. The van der Waals surface area contributed by atoms with Crippen molar-refractivity contribution >= 4 is 5.91 Å². The maximum Gasteiger partial charge on any atom is 0.227 e. The third-order valence-electron chi connectivity index (χ3n) is 5.56. The number of amides is 1. The predicted molar refractivity (Wildman–Crippen MR) is 117 cm³/mol. The van der Waals surface area contributed by atoms with Crippen LogP contribution in [-0.2, 0) is 17.9 Å². The Kier molecular flexibility index (Phi) is 6.10. The molecular formula is C25H27N3O2. The largest absolute Gasteiger partial charge is 0.457 e. The number of pyridine rings is 1. The van der Waals surface area contributed by atoms with Gasteiger partial charge in [0.2, 0.25) is 5.91 Å². The summed E-state index contributed by atoms with van der Waals surface area (Å²) in [4.78, 5) is 19.3. The van der Waals surface area contributed by atoms with Gasteiger partial charge in [-0.25, -0.2) is 0 Å². The molecule has 0 saturated carbocycles. The van der Waals surface area contributed by atoms with Crippen molar-refractivity contribution in [1.29, 1.82) is 0 Å². The molecule has 0 spiro atoms. The Labute approximate surface area is 177 Å². The van der Waals surface area contributed by atoms with Crippen LogP contribution in [-0.4, -0.2) is 28.9 Å². The summed E-state index contributed by atoms with van der Waals surface area (Å²) in [5.74, 6) is 1.76. The van der Waals surface area contributed by atoms with Crippen molar-refractivity contribution < 1.29 is 9.53 Å². The molecule has 0 bridgehead atoms. The molecule has 1 amide bonds. The summed E-state index contributed by atoms with van der Waals surface area (Å²) in [6.45, 7) is 5.02. The fourth-order valence-corrected chi connectivity index (χ4v) is 3.87. The first-order chi connectivity index (χ1) is 14.6. The van der Waals surface area contributed by atoms with Crippen LogP contribution in [0.5, 0.6) is 11.5 Å². The fourth-order valence-electron chi connectivity index (χ4n) is 3.87. The first-order valence-electron chi connectivity index (χ1n) is 10.3. The van der Waals surface area contributed by atoms with Gasteiger partial charge in [-0.15, -0.1) is 0 Å². The van der Waals surface area contributed by atoms with Gasteiger partial charge in [-0.3, -0.25) is 14.7 Å². The van der Waals surface area contributed by atoms with Gasteiger partial charge < -0.3 is 10.1 Å². The van der Waals surface area contributed by atoms with Crippen LogP contribution in [0.2, 0.25) is 0 Å². The zero-order chi connectivity index (χ0) is 20.8. The zero-order valence-electron chi connectivity index (χ0n) is 17.3. The highest BCUT2D eigenvalue weighted by molar-refractivity contribution is 5.82. The van der Waals surface area contributed by atoms with E-state index in [-0.39, 0.29) is 11.3 Å². The van der Waals surface area contributed by atoms with Gasteiger partial charge in [-0.2, -0.15) is 0 Å². The molecule has 1 aromatic heterocycles. The van der Waals surface area contributed by atoms with E-state index in [9.17, 15) is 4.79 Å². The first kappa shape index (κ1) is 20.1. The minimum absolute atomic E-state index is 0.106. The smallest absolute Gasteiger partial charge is 0.227 e. The molecule has 1 fully saturated rings. The Hall–Kier alpha value is -3.18. The second kappa shape index (κ2) is 9.09. The lowest BCUT2D eigenvalue weighted by molar-refractivity contribution is -0.129. The van der Waals surface area contributed by atoms with Gasteiger partial charge in [-0.1, -0.05) is 36.4 Å². The molecule has 1 aliphatic rings. The minimum atomic E-state index is -0.375. The summed E-state index contributed by atoms with van der Waals surface area (Å²) in [6, 6.07) is 21.8. The van der Waals surface area contributed by atoms with Crippen molar-refractivity contribution in [2.45, 2.75) is 26.4 Å². The number of likely N-dealkylation sites (tertiary alicyclic amines) is 1. The first-order valence-corrected chi connectivity index (χ1v) is 10.3. The van der Waals surface area contributed by atoms with E-state index >= 15 is 0 Å². The van der Waals surface area contributed by atoms with Gasteiger partial charge in [0, 0.05) is 32.0 Å². The van der Waals surface area contributed by atoms with E-state index in [0.29, 0.717) is 6.54 Å². The molecule has 154 valence electrons. The highest BCUT2D eigenvalue weighted by atomic mass is 16.5. The van der Waals surface area contributed by atoms with E-state index in [4.69, 9.17) is 4.74 Å². The SMILES string of the molecule is CC1(C(=O)NCc2cccnc2)CCN(Cc2cccc(Oc3ccccc3)c2)C1. The number of nitrogens with one attached hydrogen (secondary N) is 1. The maximum atomic E-state index is 12.8. The number of ether oxygens (including phenoxy) is 1. The molecule has 1 N–H and O–H groups in total. The van der Waals surface area contributed by atoms with Crippen molar-refractivity contribution in [3.63, 3.8) is 0 Å². The summed E-state index contributed by atoms with van der Waals surface area (Å²) in [5, 5.41) is 3.08. The van der Waals surface area contributed by atoms with E-state index in [0.717, 1.165) is 43.1 Å². The zero-order valence-corrected chi connectivity index (χ0v) is 17.3. The van der Waals surface area contributed by atoms with Gasteiger partial charge in [0.1, 0.15) is 11.5 Å². The number of rotatable bonds is 7. The molecule has 0 radical (unpaired) electrons. The molecule has 3 aromatic rings. The highest BCUT2D eigenvalue weighted by Crippen LogP contribution is 2.32. The van der Waals surface area contributed by atoms with Crippen LogP contribution in [0.4, 0.5) is 0 Å². The van der Waals surface area contributed by atoms with Crippen molar-refractivity contribution in [2.75, 3.05) is 13.1 Å². The molecule has 1 atom stereocenters. The second-order valence-corrected chi connectivity index (χ2v) is 8.13. The van der Waals surface area contributed by atoms with E-state index in [1.807, 2.05) is 54.6 Å². The number of hydrogen-bond acceptors (Lipinski definition) is 4. The molecule has 1 unspecified atom stereocenters. The number of benzene rings is 2. The molecule has 2 heterocycles. The lowest BCUT2D eigenvalue weighted by Crippen LogP contribution is -2.40. The second-order valence-electron chi connectivity index (χ2n) is 8.13. The fraction of sp³-hybridized carbons (Fsp3) is 0.280. The predicted octanol–water partition coefficient (Wildman–Crippen LogP) is 4.40. The van der Waals surface area contributed by atoms with Crippen LogP contribution in [0, 0.1) is 5.41 Å². The molecular weight excluding hydrogens is 374 g/mol. The summed E-state index contributed by atoms with van der Waals surface area (Å²) >= 11 is 0. The number of aromatic nitrogens is 1. The van der Waals surface area contributed by atoms with Crippen LogP contribution < -0.4 is 10.1 Å². The van der Waals surface area contributed by atoms with E-state index in [1.54, 1.807) is 12.4 Å². The highest BCUT2D eigenvalue weighted by Gasteiger charge is 2.40. The Balaban J connectivity index is 1.33. The lowest BCUT2D eigenvalue weighted by atomic mass is 9.88. The van der Waals surface area contributed by atoms with Crippen LogP contribution >= 0.6 is 0 Å².